The highest BCUT2D eigenvalue weighted by Crippen LogP contribution is 2.32. The molecule has 2 heterocycles. The van der Waals surface area contributed by atoms with Crippen LogP contribution < -0.4 is 15.0 Å². The van der Waals surface area contributed by atoms with Gasteiger partial charge >= 0.3 is 18.4 Å². The van der Waals surface area contributed by atoms with Gasteiger partial charge in [-0.3, -0.25) is 15.0 Å². The summed E-state index contributed by atoms with van der Waals surface area (Å²) in [5, 5.41) is 2.47. The normalized spacial score (nSPS) is 16.2. The standard InChI is InChI=1S/C28H32F3N3O6/c1-27(2,3)40-25(36)32-20-9-8-18(23(15-20)39-17-28(29,30)31)14-24(35)33-12-10-21(11-13-33)34-22-7-5-4-6-19(22)16-38-26(34)37/h4-9,15,21H,10-14,16-17H2,1-3H3,(H,32,36). The Bertz CT molecular complexity index is 1250. The summed E-state index contributed by atoms with van der Waals surface area (Å²) in [7, 11) is 0. The number of halogens is 3. The van der Waals surface area contributed by atoms with Crippen molar-refractivity contribution < 1.29 is 41.8 Å². The van der Waals surface area contributed by atoms with E-state index >= 15 is 0 Å². The first kappa shape index (κ1) is 29.0. The summed E-state index contributed by atoms with van der Waals surface area (Å²) in [4.78, 5) is 41.0. The fourth-order valence-corrected chi connectivity index (χ4v) is 4.66. The van der Waals surface area contributed by atoms with Gasteiger partial charge in [0.05, 0.1) is 12.1 Å². The molecule has 0 radical (unpaired) electrons. The SMILES string of the molecule is CC(C)(C)OC(=O)Nc1ccc(CC(=O)N2CCC(N3C(=O)OCc4ccccc43)CC2)c(OCC(F)(F)F)c1. The van der Waals surface area contributed by atoms with Crippen LogP contribution in [0.3, 0.4) is 0 Å². The molecule has 2 aliphatic heterocycles. The van der Waals surface area contributed by atoms with E-state index in [2.05, 4.69) is 5.32 Å². The predicted molar refractivity (Wildman–Crippen MR) is 140 cm³/mol. The van der Waals surface area contributed by atoms with Crippen LogP contribution >= 0.6 is 0 Å². The first-order valence-electron chi connectivity index (χ1n) is 12.9. The van der Waals surface area contributed by atoms with E-state index in [-0.39, 0.29) is 42.0 Å². The Morgan fingerprint density at radius 2 is 1.77 bits per heavy atom. The van der Waals surface area contributed by atoms with Crippen LogP contribution in [0.1, 0.15) is 44.7 Å². The molecular weight excluding hydrogens is 531 g/mol. The van der Waals surface area contributed by atoms with Gasteiger partial charge in [0, 0.05) is 42.0 Å². The van der Waals surface area contributed by atoms with Crippen LogP contribution in [0, 0.1) is 0 Å². The number of rotatable bonds is 6. The molecule has 40 heavy (non-hydrogen) atoms. The fraction of sp³-hybridized carbons (Fsp3) is 0.464. The predicted octanol–water partition coefficient (Wildman–Crippen LogP) is 5.67. The second-order valence-electron chi connectivity index (χ2n) is 10.7. The topological polar surface area (TPSA) is 97.4 Å². The Labute approximate surface area is 230 Å². The summed E-state index contributed by atoms with van der Waals surface area (Å²) in [6.07, 6.45) is -4.95. The lowest BCUT2D eigenvalue weighted by Crippen LogP contribution is -2.50. The molecule has 0 spiro atoms. The quantitative estimate of drug-likeness (QED) is 0.487. The maximum atomic E-state index is 13.1. The molecule has 1 fully saturated rings. The average Bonchev–Trinajstić information content (AvgIpc) is 2.87. The molecule has 9 nitrogen and oxygen atoms in total. The Balaban J connectivity index is 1.42. The van der Waals surface area contributed by atoms with E-state index in [4.69, 9.17) is 14.2 Å². The highest BCUT2D eigenvalue weighted by molar-refractivity contribution is 5.91. The summed E-state index contributed by atoms with van der Waals surface area (Å²) in [6.45, 7) is 4.44. The van der Waals surface area contributed by atoms with E-state index < -0.39 is 30.6 Å². The van der Waals surface area contributed by atoms with Crippen molar-refractivity contribution in [2.75, 3.05) is 29.9 Å². The lowest BCUT2D eigenvalue weighted by Gasteiger charge is -2.40. The molecule has 0 unspecified atom stereocenters. The van der Waals surface area contributed by atoms with E-state index in [1.54, 1.807) is 30.6 Å². The Morgan fingerprint density at radius 1 is 1.07 bits per heavy atom. The molecule has 2 aromatic rings. The van der Waals surface area contributed by atoms with Gasteiger partial charge in [0.15, 0.2) is 6.61 Å². The minimum Gasteiger partial charge on any atom is -0.484 e. The van der Waals surface area contributed by atoms with Gasteiger partial charge in [0.25, 0.3) is 0 Å². The number of anilines is 2. The largest absolute Gasteiger partial charge is 0.484 e. The van der Waals surface area contributed by atoms with Gasteiger partial charge < -0.3 is 19.1 Å². The summed E-state index contributed by atoms with van der Waals surface area (Å²) in [5.41, 5.74) is 1.36. The van der Waals surface area contributed by atoms with E-state index in [0.717, 1.165) is 11.3 Å². The van der Waals surface area contributed by atoms with Crippen LogP contribution in [-0.4, -0.2) is 60.5 Å². The number of nitrogens with zero attached hydrogens (tertiary/aromatic N) is 2. The molecule has 0 aromatic heterocycles. The van der Waals surface area contributed by atoms with Crippen LogP contribution in [0.5, 0.6) is 5.75 Å². The number of alkyl halides is 3. The van der Waals surface area contributed by atoms with Crippen molar-refractivity contribution in [1.29, 1.82) is 0 Å². The van der Waals surface area contributed by atoms with Crippen molar-refractivity contribution in [3.63, 3.8) is 0 Å². The lowest BCUT2D eigenvalue weighted by molar-refractivity contribution is -0.153. The molecule has 0 aliphatic carbocycles. The Morgan fingerprint density at radius 3 is 2.45 bits per heavy atom. The molecule has 216 valence electrons. The fourth-order valence-electron chi connectivity index (χ4n) is 4.66. The smallest absolute Gasteiger partial charge is 0.422 e. The number of amides is 3. The number of ether oxygens (including phenoxy) is 3. The third-order valence-corrected chi connectivity index (χ3v) is 6.43. The Kier molecular flexibility index (Phi) is 8.45. The number of likely N-dealkylation sites (tertiary alicyclic amines) is 1. The highest BCUT2D eigenvalue weighted by Gasteiger charge is 2.35. The third-order valence-electron chi connectivity index (χ3n) is 6.43. The summed E-state index contributed by atoms with van der Waals surface area (Å²) >= 11 is 0. The minimum atomic E-state index is -4.59. The van der Waals surface area contributed by atoms with Gasteiger partial charge in [-0.25, -0.2) is 9.59 Å². The molecule has 4 rings (SSSR count). The van der Waals surface area contributed by atoms with Crippen LogP contribution in [0.4, 0.5) is 34.1 Å². The number of benzene rings is 2. The van der Waals surface area contributed by atoms with Crippen molar-refractivity contribution >= 4 is 29.5 Å². The lowest BCUT2D eigenvalue weighted by atomic mass is 10.00. The van der Waals surface area contributed by atoms with Gasteiger partial charge in [-0.1, -0.05) is 24.3 Å². The maximum Gasteiger partial charge on any atom is 0.422 e. The zero-order valence-corrected chi connectivity index (χ0v) is 22.5. The number of fused-ring (bicyclic) bond motifs is 1. The van der Waals surface area contributed by atoms with E-state index in [9.17, 15) is 27.6 Å². The molecule has 0 saturated carbocycles. The molecule has 0 atom stereocenters. The third kappa shape index (κ3) is 7.57. The van der Waals surface area contributed by atoms with Crippen LogP contribution in [0.15, 0.2) is 42.5 Å². The molecule has 0 bridgehead atoms. The first-order valence-corrected chi connectivity index (χ1v) is 12.9. The molecular formula is C28H32F3N3O6. The zero-order valence-electron chi connectivity index (χ0n) is 22.5. The number of carbonyl (C=O) groups is 3. The zero-order chi connectivity index (χ0) is 29.1. The van der Waals surface area contributed by atoms with Crippen molar-refractivity contribution in [2.24, 2.45) is 0 Å². The van der Waals surface area contributed by atoms with Gasteiger partial charge in [-0.05, 0) is 45.7 Å². The van der Waals surface area contributed by atoms with E-state index in [1.165, 1.54) is 18.2 Å². The summed E-state index contributed by atoms with van der Waals surface area (Å²) < 4.78 is 54.2. The Hall–Kier alpha value is -3.96. The highest BCUT2D eigenvalue weighted by atomic mass is 19.4. The van der Waals surface area contributed by atoms with Gasteiger partial charge in [0.2, 0.25) is 5.91 Å². The molecule has 2 aromatic carbocycles. The van der Waals surface area contributed by atoms with Crippen LogP contribution in [0.25, 0.3) is 0 Å². The van der Waals surface area contributed by atoms with Crippen molar-refractivity contribution in [2.45, 2.75) is 64.5 Å². The maximum absolute atomic E-state index is 13.1. The van der Waals surface area contributed by atoms with Crippen LogP contribution in [0.2, 0.25) is 0 Å². The van der Waals surface area contributed by atoms with Crippen LogP contribution in [-0.2, 0) is 27.3 Å². The first-order chi connectivity index (χ1) is 18.8. The summed E-state index contributed by atoms with van der Waals surface area (Å²) in [5.74, 6) is -0.452. The second-order valence-corrected chi connectivity index (χ2v) is 10.7. The number of hydrogen-bond donors (Lipinski definition) is 1. The number of hydrogen-bond acceptors (Lipinski definition) is 6. The van der Waals surface area contributed by atoms with Crippen molar-refractivity contribution in [1.82, 2.24) is 4.90 Å². The monoisotopic (exact) mass is 563 g/mol. The summed E-state index contributed by atoms with van der Waals surface area (Å²) in [6, 6.07) is 11.5. The average molecular weight is 564 g/mol. The molecule has 2 aliphatic rings. The van der Waals surface area contributed by atoms with Gasteiger partial charge in [-0.2, -0.15) is 13.2 Å². The van der Waals surface area contributed by atoms with Gasteiger partial charge in [0.1, 0.15) is 18.0 Å². The van der Waals surface area contributed by atoms with Gasteiger partial charge in [-0.15, -0.1) is 0 Å². The number of para-hydroxylation sites is 1. The molecule has 1 saturated heterocycles. The van der Waals surface area contributed by atoms with E-state index in [0.29, 0.717) is 25.9 Å². The second kappa shape index (κ2) is 11.6. The number of carbonyl (C=O) groups excluding carboxylic acids is 3. The number of nitrogens with one attached hydrogen (secondary N) is 1. The van der Waals surface area contributed by atoms with E-state index in [1.807, 2.05) is 24.3 Å². The number of cyclic esters (lactones) is 1. The van der Waals surface area contributed by atoms with Crippen molar-refractivity contribution in [3.05, 3.63) is 53.6 Å². The van der Waals surface area contributed by atoms with Crippen molar-refractivity contribution in [3.8, 4) is 5.75 Å². The molecule has 3 amide bonds. The molecule has 1 N–H and O–H groups in total. The molecule has 12 heteroatoms. The number of piperidine rings is 1. The minimum absolute atomic E-state index is 0.151.